The third kappa shape index (κ3) is 5.29. The number of carbonyl (C=O) groups excluding carboxylic acids is 3. The molecular weight excluding hydrogens is 580 g/mol. The van der Waals surface area contributed by atoms with E-state index in [0.29, 0.717) is 23.0 Å². The molecule has 0 bridgehead atoms. The lowest BCUT2D eigenvalue weighted by molar-refractivity contribution is -0.137. The lowest BCUT2D eigenvalue weighted by Crippen LogP contribution is -2.55. The van der Waals surface area contributed by atoms with Gasteiger partial charge in [0.1, 0.15) is 24.2 Å². The molecule has 2 heterocycles. The van der Waals surface area contributed by atoms with Crippen LogP contribution in [0.25, 0.3) is 0 Å². The molecule has 6 rings (SSSR count). The van der Waals surface area contributed by atoms with Crippen molar-refractivity contribution in [1.29, 1.82) is 5.26 Å². The molecule has 1 N–H and O–H groups in total. The minimum Gasteiger partial charge on any atom is -0.339 e. The number of benzene rings is 2. The van der Waals surface area contributed by atoms with Gasteiger partial charge in [0.15, 0.2) is 5.69 Å². The minimum atomic E-state index is -4.69. The number of halogens is 4. The quantitative estimate of drug-likeness (QED) is 0.292. The summed E-state index contributed by atoms with van der Waals surface area (Å²) >= 11 is 0. The average molecular weight is 609 g/mol. The van der Waals surface area contributed by atoms with Gasteiger partial charge in [-0.05, 0) is 68.5 Å². The van der Waals surface area contributed by atoms with Crippen molar-refractivity contribution in [2.45, 2.75) is 62.8 Å². The summed E-state index contributed by atoms with van der Waals surface area (Å²) < 4.78 is 56.0. The summed E-state index contributed by atoms with van der Waals surface area (Å²) in [4.78, 5) is 44.6. The third-order valence-electron chi connectivity index (χ3n) is 8.22. The van der Waals surface area contributed by atoms with E-state index in [-0.39, 0.29) is 36.4 Å². The lowest BCUT2D eigenvalue weighted by Gasteiger charge is -2.38. The normalized spacial score (nSPS) is 19.7. The fourth-order valence-electron chi connectivity index (χ4n) is 5.81. The molecule has 228 valence electrons. The van der Waals surface area contributed by atoms with Crippen LogP contribution in [0.5, 0.6) is 0 Å². The van der Waals surface area contributed by atoms with Gasteiger partial charge in [0, 0.05) is 29.6 Å². The average Bonchev–Trinajstić information content (AvgIpc) is 3.94. The van der Waals surface area contributed by atoms with Crippen molar-refractivity contribution in [3.05, 3.63) is 82.3 Å². The Bertz CT molecular complexity index is 1670. The van der Waals surface area contributed by atoms with Gasteiger partial charge in [0.2, 0.25) is 0 Å². The van der Waals surface area contributed by atoms with Crippen LogP contribution in [0, 0.1) is 17.1 Å². The maximum atomic E-state index is 14.2. The number of likely N-dealkylation sites (N-methyl/N-ethyl adjacent to an activating group) is 1. The summed E-state index contributed by atoms with van der Waals surface area (Å²) in [5, 5.41) is 16.8. The zero-order chi connectivity index (χ0) is 31.3. The Morgan fingerprint density at radius 1 is 1.11 bits per heavy atom. The van der Waals surface area contributed by atoms with Crippen LogP contribution in [0.2, 0.25) is 0 Å². The molecular formula is C31H28F4N6O3. The third-order valence-corrected chi connectivity index (χ3v) is 8.22. The van der Waals surface area contributed by atoms with Crippen molar-refractivity contribution in [2.24, 2.45) is 0 Å². The van der Waals surface area contributed by atoms with Crippen molar-refractivity contribution >= 4 is 23.5 Å². The van der Waals surface area contributed by atoms with Crippen LogP contribution in [0.15, 0.2) is 48.5 Å². The summed E-state index contributed by atoms with van der Waals surface area (Å²) in [6.45, 7) is 1.71. The van der Waals surface area contributed by atoms with Crippen molar-refractivity contribution < 1.29 is 31.9 Å². The van der Waals surface area contributed by atoms with E-state index in [4.69, 9.17) is 5.10 Å². The monoisotopic (exact) mass is 608 g/mol. The molecule has 2 aliphatic carbocycles. The SMILES string of the molecule is CCN1C(=O)[C@H](NC(=O)c2cccc(C(F)(F)F)c2)[C@H](c2ccc(F)cc2)c2c(C(=O)N(CC#N)C3CC3)nn(C3CC3)c21. The van der Waals surface area contributed by atoms with Crippen LogP contribution in [0.3, 0.4) is 0 Å². The number of hydrogen-bond acceptors (Lipinski definition) is 5. The molecule has 0 radical (unpaired) electrons. The molecule has 44 heavy (non-hydrogen) atoms. The van der Waals surface area contributed by atoms with Crippen LogP contribution >= 0.6 is 0 Å². The summed E-state index contributed by atoms with van der Waals surface area (Å²) in [6.07, 6.45) is -1.68. The first-order valence-corrected chi connectivity index (χ1v) is 14.4. The molecule has 0 spiro atoms. The van der Waals surface area contributed by atoms with Crippen LogP contribution in [-0.2, 0) is 11.0 Å². The Balaban J connectivity index is 1.51. The highest BCUT2D eigenvalue weighted by Crippen LogP contribution is 2.48. The predicted octanol–water partition coefficient (Wildman–Crippen LogP) is 4.80. The number of amides is 3. The smallest absolute Gasteiger partial charge is 0.339 e. The van der Waals surface area contributed by atoms with E-state index >= 15 is 0 Å². The molecule has 3 aromatic rings. The van der Waals surface area contributed by atoms with Gasteiger partial charge in [-0.3, -0.25) is 19.3 Å². The molecule has 2 fully saturated rings. The largest absolute Gasteiger partial charge is 0.416 e. The van der Waals surface area contributed by atoms with Gasteiger partial charge < -0.3 is 10.2 Å². The number of alkyl halides is 3. The maximum absolute atomic E-state index is 14.2. The van der Waals surface area contributed by atoms with Gasteiger partial charge in [-0.2, -0.15) is 23.5 Å². The molecule has 2 aromatic carbocycles. The molecule has 0 unspecified atom stereocenters. The lowest BCUT2D eigenvalue weighted by atomic mass is 9.80. The van der Waals surface area contributed by atoms with E-state index in [2.05, 4.69) is 5.32 Å². The zero-order valence-corrected chi connectivity index (χ0v) is 23.6. The molecule has 9 nitrogen and oxygen atoms in total. The molecule has 1 aromatic heterocycles. The van der Waals surface area contributed by atoms with Crippen molar-refractivity contribution in [2.75, 3.05) is 18.0 Å². The van der Waals surface area contributed by atoms with Crippen LogP contribution in [0.4, 0.5) is 23.4 Å². The Morgan fingerprint density at radius 2 is 1.82 bits per heavy atom. The molecule has 2 atom stereocenters. The number of nitrogens with one attached hydrogen (secondary N) is 1. The topological polar surface area (TPSA) is 111 Å². The molecule has 1 aliphatic heterocycles. The summed E-state index contributed by atoms with van der Waals surface area (Å²) in [6, 6.07) is 9.59. The van der Waals surface area contributed by atoms with E-state index in [0.717, 1.165) is 37.8 Å². The first-order valence-electron chi connectivity index (χ1n) is 14.4. The number of aromatic nitrogens is 2. The Labute approximate surface area is 250 Å². The van der Waals surface area contributed by atoms with Gasteiger partial charge in [0.25, 0.3) is 17.7 Å². The summed E-state index contributed by atoms with van der Waals surface area (Å²) in [5.41, 5.74) is -0.573. The number of nitrogens with zero attached hydrogens (tertiary/aromatic N) is 5. The van der Waals surface area contributed by atoms with Crippen molar-refractivity contribution in [1.82, 2.24) is 20.0 Å². The minimum absolute atomic E-state index is 0.0210. The van der Waals surface area contributed by atoms with E-state index in [1.54, 1.807) is 11.6 Å². The maximum Gasteiger partial charge on any atom is 0.416 e. The van der Waals surface area contributed by atoms with Gasteiger partial charge in [-0.1, -0.05) is 18.2 Å². The fraction of sp³-hybridized carbons (Fsp3) is 0.387. The standard InChI is InChI=1S/C31H28F4N6O3/c1-2-39-28-24(26(38-41(28)22-12-13-22)30(44)40(15-14-36)21-10-11-21)23(17-6-8-20(32)9-7-17)25(29(39)43)37-27(42)18-4-3-5-19(16-18)31(33,34)35/h3-9,16,21-23,25H,2,10-13,15H2,1H3,(H,37,42)/t23-,25-/m1/s1. The van der Waals surface area contributed by atoms with Gasteiger partial charge >= 0.3 is 6.18 Å². The van der Waals surface area contributed by atoms with Gasteiger partial charge in [-0.25, -0.2) is 9.07 Å². The van der Waals surface area contributed by atoms with Crippen molar-refractivity contribution in [3.8, 4) is 6.07 Å². The first kappa shape index (κ1) is 29.3. The second kappa shape index (κ2) is 11.1. The fourth-order valence-corrected chi connectivity index (χ4v) is 5.81. The van der Waals surface area contributed by atoms with Crippen LogP contribution in [-0.4, -0.2) is 57.6 Å². The predicted molar refractivity (Wildman–Crippen MR) is 149 cm³/mol. The number of rotatable bonds is 8. The number of anilines is 1. The van der Waals surface area contributed by atoms with E-state index < -0.39 is 47.2 Å². The molecule has 2 saturated carbocycles. The number of carbonyl (C=O) groups is 3. The first-order chi connectivity index (χ1) is 21.0. The Kier molecular flexibility index (Phi) is 7.39. The molecule has 0 saturated heterocycles. The second-order valence-electron chi connectivity index (χ2n) is 11.2. The van der Waals surface area contributed by atoms with Gasteiger partial charge in [0.05, 0.1) is 17.7 Å². The number of fused-ring (bicyclic) bond motifs is 1. The van der Waals surface area contributed by atoms with E-state index in [9.17, 15) is 37.2 Å². The van der Waals surface area contributed by atoms with Crippen molar-refractivity contribution in [3.63, 3.8) is 0 Å². The number of hydrogen-bond donors (Lipinski definition) is 1. The molecule has 3 amide bonds. The highest BCUT2D eigenvalue weighted by atomic mass is 19.4. The highest BCUT2D eigenvalue weighted by molar-refractivity contribution is 6.07. The van der Waals surface area contributed by atoms with E-state index in [1.165, 1.54) is 40.1 Å². The van der Waals surface area contributed by atoms with Gasteiger partial charge in [-0.15, -0.1) is 0 Å². The summed E-state index contributed by atoms with van der Waals surface area (Å²) in [5.74, 6) is -3.17. The van der Waals surface area contributed by atoms with E-state index in [1.807, 2.05) is 6.07 Å². The zero-order valence-electron chi connectivity index (χ0n) is 23.6. The van der Waals surface area contributed by atoms with Crippen LogP contribution < -0.4 is 10.2 Å². The Hall–Kier alpha value is -4.73. The molecule has 13 heteroatoms. The second-order valence-corrected chi connectivity index (χ2v) is 11.2. The highest BCUT2D eigenvalue weighted by Gasteiger charge is 2.49. The summed E-state index contributed by atoms with van der Waals surface area (Å²) in [7, 11) is 0. The number of nitriles is 1. The Morgan fingerprint density at radius 3 is 2.41 bits per heavy atom. The van der Waals surface area contributed by atoms with Crippen LogP contribution in [0.1, 0.15) is 82.1 Å². The molecule has 3 aliphatic rings.